The minimum Gasteiger partial charge on any atom is -0.279 e. The minimum atomic E-state index is -0.420. The zero-order chi connectivity index (χ0) is 18.4. The van der Waals surface area contributed by atoms with Gasteiger partial charge in [0, 0.05) is 20.0 Å². The first kappa shape index (κ1) is 19.1. The summed E-state index contributed by atoms with van der Waals surface area (Å²) in [4.78, 5) is 41.8. The largest absolute Gasteiger partial charge is 0.332 e. The second-order valence-corrected chi connectivity index (χ2v) is 6.50. The minimum absolute atomic E-state index is 0.149. The molecule has 0 aromatic carbocycles. The van der Waals surface area contributed by atoms with Crippen LogP contribution in [0.15, 0.2) is 15.9 Å². The predicted molar refractivity (Wildman–Crippen MR) is 98.1 cm³/mol. The SMILES string of the molecule is CCCCCCn1c(=O)c2c(ncn2C(=O)CCCCC)n(C)c1=O. The quantitative estimate of drug-likeness (QED) is 0.653. The number of aryl methyl sites for hydroxylation is 1. The standard InChI is InChI=1S/C18H28N4O3/c1-4-6-8-10-12-21-17(24)15-16(20(3)18(21)25)19-13-22(15)14(23)11-9-7-5-2/h13H,4-12H2,1-3H3. The summed E-state index contributed by atoms with van der Waals surface area (Å²) < 4.78 is 3.90. The number of carbonyl (C=O) groups excluding carboxylic acids is 1. The fourth-order valence-corrected chi connectivity index (χ4v) is 3.00. The van der Waals surface area contributed by atoms with Crippen molar-refractivity contribution in [1.82, 2.24) is 18.7 Å². The third kappa shape index (κ3) is 4.08. The lowest BCUT2D eigenvalue weighted by molar-refractivity contribution is 0.0903. The average Bonchev–Trinajstić information content (AvgIpc) is 3.05. The molecule has 7 nitrogen and oxygen atoms in total. The van der Waals surface area contributed by atoms with Gasteiger partial charge < -0.3 is 0 Å². The van der Waals surface area contributed by atoms with Gasteiger partial charge in [0.2, 0.25) is 5.91 Å². The van der Waals surface area contributed by atoms with Crippen LogP contribution in [0.2, 0.25) is 0 Å². The number of carbonyl (C=O) groups is 1. The Balaban J connectivity index is 2.40. The molecule has 0 unspecified atom stereocenters. The Hall–Kier alpha value is -2.18. The number of imidazole rings is 1. The first-order valence-electron chi connectivity index (χ1n) is 9.23. The van der Waals surface area contributed by atoms with Crippen LogP contribution in [0.3, 0.4) is 0 Å². The maximum Gasteiger partial charge on any atom is 0.332 e. The van der Waals surface area contributed by atoms with Crippen LogP contribution in [0.5, 0.6) is 0 Å². The second kappa shape index (κ2) is 8.78. The molecule has 0 bridgehead atoms. The molecule has 2 heterocycles. The van der Waals surface area contributed by atoms with Crippen LogP contribution in [0.4, 0.5) is 0 Å². The Morgan fingerprint density at radius 1 is 1.04 bits per heavy atom. The molecule has 0 N–H and O–H groups in total. The monoisotopic (exact) mass is 348 g/mol. The van der Waals surface area contributed by atoms with Crippen LogP contribution in [-0.4, -0.2) is 24.6 Å². The molecule has 2 rings (SSSR count). The zero-order valence-electron chi connectivity index (χ0n) is 15.5. The third-order valence-corrected chi connectivity index (χ3v) is 4.53. The summed E-state index contributed by atoms with van der Waals surface area (Å²) in [5.74, 6) is -0.149. The number of fused-ring (bicyclic) bond motifs is 1. The fourth-order valence-electron chi connectivity index (χ4n) is 3.00. The van der Waals surface area contributed by atoms with Gasteiger partial charge in [0.1, 0.15) is 6.33 Å². The summed E-state index contributed by atoms with van der Waals surface area (Å²) >= 11 is 0. The molecule has 0 fully saturated rings. The molecule has 0 spiro atoms. The molecule has 7 heteroatoms. The highest BCUT2D eigenvalue weighted by Crippen LogP contribution is 2.09. The van der Waals surface area contributed by atoms with Crippen molar-refractivity contribution in [2.24, 2.45) is 7.05 Å². The number of rotatable bonds is 9. The Morgan fingerprint density at radius 3 is 2.40 bits per heavy atom. The highest BCUT2D eigenvalue weighted by molar-refractivity contribution is 5.88. The van der Waals surface area contributed by atoms with E-state index < -0.39 is 5.56 Å². The molecule has 0 saturated carbocycles. The van der Waals surface area contributed by atoms with Gasteiger partial charge in [0.25, 0.3) is 5.56 Å². The summed E-state index contributed by atoms with van der Waals surface area (Å²) in [6.45, 7) is 4.56. The number of unbranched alkanes of at least 4 members (excludes halogenated alkanes) is 5. The van der Waals surface area contributed by atoms with Crippen LogP contribution in [-0.2, 0) is 13.6 Å². The maximum atomic E-state index is 12.8. The predicted octanol–water partition coefficient (Wildman–Crippen LogP) is 2.70. The molecule has 2 aromatic heterocycles. The Bertz CT molecular complexity index is 844. The summed E-state index contributed by atoms with van der Waals surface area (Å²) in [6, 6.07) is 0. The summed E-state index contributed by atoms with van der Waals surface area (Å²) in [5.41, 5.74) is -0.323. The van der Waals surface area contributed by atoms with E-state index in [0.717, 1.165) is 44.9 Å². The summed E-state index contributed by atoms with van der Waals surface area (Å²) in [6.07, 6.45) is 8.42. The molecular weight excluding hydrogens is 320 g/mol. The number of aromatic nitrogens is 4. The molecular formula is C18H28N4O3. The topological polar surface area (TPSA) is 78.9 Å². The van der Waals surface area contributed by atoms with E-state index in [-0.39, 0.29) is 22.8 Å². The van der Waals surface area contributed by atoms with Crippen LogP contribution >= 0.6 is 0 Å². The molecule has 0 radical (unpaired) electrons. The van der Waals surface area contributed by atoms with Crippen molar-refractivity contribution in [2.45, 2.75) is 71.8 Å². The second-order valence-electron chi connectivity index (χ2n) is 6.50. The molecule has 0 aliphatic heterocycles. The first-order valence-corrected chi connectivity index (χ1v) is 9.23. The lowest BCUT2D eigenvalue weighted by Crippen LogP contribution is -2.40. The van der Waals surface area contributed by atoms with Crippen LogP contribution in [0.1, 0.15) is 70.0 Å². The third-order valence-electron chi connectivity index (χ3n) is 4.53. The van der Waals surface area contributed by atoms with Crippen LogP contribution < -0.4 is 11.2 Å². The van der Waals surface area contributed by atoms with Gasteiger partial charge in [0.05, 0.1) is 0 Å². The molecule has 0 amide bonds. The van der Waals surface area contributed by atoms with Gasteiger partial charge in [-0.3, -0.25) is 23.3 Å². The van der Waals surface area contributed by atoms with Crippen LogP contribution in [0.25, 0.3) is 11.2 Å². The summed E-state index contributed by atoms with van der Waals surface area (Å²) in [5, 5.41) is 0. The Labute approximate surface area is 147 Å². The molecule has 138 valence electrons. The van der Waals surface area contributed by atoms with E-state index in [9.17, 15) is 14.4 Å². The number of nitrogens with zero attached hydrogens (tertiary/aromatic N) is 4. The van der Waals surface area contributed by atoms with E-state index in [1.165, 1.54) is 20.0 Å². The van der Waals surface area contributed by atoms with Gasteiger partial charge in [-0.25, -0.2) is 9.78 Å². The number of hydrogen-bond acceptors (Lipinski definition) is 4. The van der Waals surface area contributed by atoms with E-state index in [4.69, 9.17) is 0 Å². The maximum absolute atomic E-state index is 12.8. The van der Waals surface area contributed by atoms with Crippen molar-refractivity contribution in [3.8, 4) is 0 Å². The normalized spacial score (nSPS) is 11.3. The molecule has 0 aliphatic rings. The van der Waals surface area contributed by atoms with Crippen molar-refractivity contribution in [3.63, 3.8) is 0 Å². The lowest BCUT2D eigenvalue weighted by Gasteiger charge is -2.09. The van der Waals surface area contributed by atoms with E-state index in [1.807, 2.05) is 0 Å². The smallest absolute Gasteiger partial charge is 0.279 e. The highest BCUT2D eigenvalue weighted by atomic mass is 16.2. The van der Waals surface area contributed by atoms with Crippen molar-refractivity contribution >= 4 is 17.1 Å². The van der Waals surface area contributed by atoms with Gasteiger partial charge in [-0.1, -0.05) is 46.0 Å². The lowest BCUT2D eigenvalue weighted by atomic mass is 10.2. The van der Waals surface area contributed by atoms with Crippen molar-refractivity contribution in [1.29, 1.82) is 0 Å². The first-order chi connectivity index (χ1) is 12.0. The van der Waals surface area contributed by atoms with Gasteiger partial charge in [-0.15, -0.1) is 0 Å². The van der Waals surface area contributed by atoms with Gasteiger partial charge in [0.15, 0.2) is 11.2 Å². The Kier molecular flexibility index (Phi) is 6.73. The van der Waals surface area contributed by atoms with E-state index >= 15 is 0 Å². The van der Waals surface area contributed by atoms with E-state index in [0.29, 0.717) is 13.0 Å². The molecule has 2 aromatic rings. The van der Waals surface area contributed by atoms with Gasteiger partial charge >= 0.3 is 5.69 Å². The molecule has 25 heavy (non-hydrogen) atoms. The van der Waals surface area contributed by atoms with E-state index in [1.54, 1.807) is 7.05 Å². The average molecular weight is 348 g/mol. The molecule has 0 saturated heterocycles. The fraction of sp³-hybridized carbons (Fsp3) is 0.667. The van der Waals surface area contributed by atoms with Crippen LogP contribution in [0, 0.1) is 0 Å². The van der Waals surface area contributed by atoms with Crippen molar-refractivity contribution < 1.29 is 4.79 Å². The summed E-state index contributed by atoms with van der Waals surface area (Å²) in [7, 11) is 1.59. The van der Waals surface area contributed by atoms with E-state index in [2.05, 4.69) is 18.8 Å². The molecule has 0 aliphatic carbocycles. The van der Waals surface area contributed by atoms with Crippen molar-refractivity contribution in [2.75, 3.05) is 0 Å². The Morgan fingerprint density at radius 2 is 1.72 bits per heavy atom. The molecule has 0 atom stereocenters. The zero-order valence-corrected chi connectivity index (χ0v) is 15.5. The highest BCUT2D eigenvalue weighted by Gasteiger charge is 2.19. The van der Waals surface area contributed by atoms with Crippen molar-refractivity contribution in [3.05, 3.63) is 27.2 Å². The van der Waals surface area contributed by atoms with Gasteiger partial charge in [-0.2, -0.15) is 0 Å². The van der Waals surface area contributed by atoms with Gasteiger partial charge in [-0.05, 0) is 12.8 Å². The number of hydrogen-bond donors (Lipinski definition) is 0.